The summed E-state index contributed by atoms with van der Waals surface area (Å²) in [5, 5.41) is 0. The van der Waals surface area contributed by atoms with Crippen molar-refractivity contribution in [1.29, 1.82) is 0 Å². The minimum absolute atomic E-state index is 0.196. The van der Waals surface area contributed by atoms with Gasteiger partial charge in [-0.15, -0.1) is 0 Å². The van der Waals surface area contributed by atoms with Crippen LogP contribution >= 0.6 is 0 Å². The molecule has 134 valence electrons. The zero-order valence-electron chi connectivity index (χ0n) is 14.6. The fraction of sp³-hybridized carbons (Fsp3) is 0.333. The number of ether oxygens (including phenoxy) is 2. The van der Waals surface area contributed by atoms with Gasteiger partial charge in [-0.05, 0) is 31.2 Å². The summed E-state index contributed by atoms with van der Waals surface area (Å²) in [4.78, 5) is 20.0. The fourth-order valence-corrected chi connectivity index (χ4v) is 2.93. The highest BCUT2D eigenvalue weighted by Crippen LogP contribution is 2.26. The van der Waals surface area contributed by atoms with Gasteiger partial charge < -0.3 is 20.1 Å². The van der Waals surface area contributed by atoms with E-state index < -0.39 is 0 Å². The lowest BCUT2D eigenvalue weighted by Gasteiger charge is -2.28. The third-order valence-corrected chi connectivity index (χ3v) is 4.18. The van der Waals surface area contributed by atoms with Gasteiger partial charge in [0.25, 0.3) is 0 Å². The first-order chi connectivity index (χ1) is 12.7. The van der Waals surface area contributed by atoms with E-state index in [1.165, 1.54) is 0 Å². The van der Waals surface area contributed by atoms with Crippen LogP contribution in [0.25, 0.3) is 22.4 Å². The molecule has 0 saturated carbocycles. The van der Waals surface area contributed by atoms with E-state index in [1.807, 2.05) is 31.2 Å². The molecule has 8 heteroatoms. The minimum Gasteiger partial charge on any atom is -0.494 e. The molecule has 1 aliphatic heterocycles. The molecule has 0 bridgehead atoms. The molecule has 0 amide bonds. The lowest BCUT2D eigenvalue weighted by atomic mass is 10.1. The molecule has 4 rings (SSSR count). The number of morpholine rings is 1. The van der Waals surface area contributed by atoms with E-state index in [4.69, 9.17) is 20.2 Å². The topological polar surface area (TPSA) is 99.3 Å². The van der Waals surface area contributed by atoms with E-state index in [1.54, 1.807) is 6.20 Å². The molecule has 2 aromatic heterocycles. The summed E-state index contributed by atoms with van der Waals surface area (Å²) < 4.78 is 10.9. The second-order valence-corrected chi connectivity index (χ2v) is 5.89. The van der Waals surface area contributed by atoms with Crippen molar-refractivity contribution in [3.8, 4) is 17.0 Å². The van der Waals surface area contributed by atoms with Crippen LogP contribution in [0.5, 0.6) is 5.75 Å². The predicted molar refractivity (Wildman–Crippen MR) is 99.2 cm³/mol. The summed E-state index contributed by atoms with van der Waals surface area (Å²) in [5.74, 6) is 1.73. The number of hydrogen-bond acceptors (Lipinski definition) is 8. The number of anilines is 2. The van der Waals surface area contributed by atoms with Crippen LogP contribution in [0.3, 0.4) is 0 Å². The standard InChI is InChI=1S/C18H20N6O2/c1-2-26-13-5-3-12(4-6-13)14-11-20-16-15(21-14)17(23-18(19)22-16)24-7-9-25-10-8-24/h3-6,11H,2,7-10H2,1H3,(H2,19,20,22,23). The number of benzene rings is 1. The fourth-order valence-electron chi connectivity index (χ4n) is 2.93. The van der Waals surface area contributed by atoms with Gasteiger partial charge in [0.2, 0.25) is 5.95 Å². The Balaban J connectivity index is 1.76. The van der Waals surface area contributed by atoms with Gasteiger partial charge in [-0.25, -0.2) is 9.97 Å². The van der Waals surface area contributed by atoms with Crippen LogP contribution in [0, 0.1) is 0 Å². The van der Waals surface area contributed by atoms with Crippen molar-refractivity contribution in [2.45, 2.75) is 6.92 Å². The van der Waals surface area contributed by atoms with Crippen LogP contribution in [0.15, 0.2) is 30.5 Å². The Morgan fingerprint density at radius 1 is 1.12 bits per heavy atom. The molecule has 0 spiro atoms. The average molecular weight is 352 g/mol. The maximum absolute atomic E-state index is 5.86. The Hall–Kier alpha value is -3.00. The molecule has 26 heavy (non-hydrogen) atoms. The molecular formula is C18H20N6O2. The Bertz CT molecular complexity index is 909. The van der Waals surface area contributed by atoms with Gasteiger partial charge in [-0.3, -0.25) is 0 Å². The second kappa shape index (κ2) is 7.09. The molecule has 0 radical (unpaired) electrons. The van der Waals surface area contributed by atoms with Crippen molar-refractivity contribution in [1.82, 2.24) is 19.9 Å². The highest BCUT2D eigenvalue weighted by Gasteiger charge is 2.19. The van der Waals surface area contributed by atoms with E-state index in [0.29, 0.717) is 36.8 Å². The Morgan fingerprint density at radius 2 is 1.88 bits per heavy atom. The highest BCUT2D eigenvalue weighted by molar-refractivity contribution is 5.85. The van der Waals surface area contributed by atoms with Crippen molar-refractivity contribution in [3.05, 3.63) is 30.5 Å². The van der Waals surface area contributed by atoms with Crippen molar-refractivity contribution in [2.24, 2.45) is 0 Å². The number of rotatable bonds is 4. The number of nitrogen functional groups attached to an aromatic ring is 1. The number of hydrogen-bond donors (Lipinski definition) is 1. The number of fused-ring (bicyclic) bond motifs is 1. The van der Waals surface area contributed by atoms with Crippen LogP contribution in [-0.2, 0) is 4.74 Å². The number of nitrogens with two attached hydrogens (primary N) is 1. The lowest BCUT2D eigenvalue weighted by Crippen LogP contribution is -2.37. The first-order valence-electron chi connectivity index (χ1n) is 8.61. The van der Waals surface area contributed by atoms with Crippen LogP contribution in [0.2, 0.25) is 0 Å². The smallest absolute Gasteiger partial charge is 0.224 e. The van der Waals surface area contributed by atoms with E-state index in [2.05, 4.69) is 19.9 Å². The molecule has 0 unspecified atom stereocenters. The van der Waals surface area contributed by atoms with Crippen LogP contribution in [0.1, 0.15) is 6.92 Å². The van der Waals surface area contributed by atoms with Crippen molar-refractivity contribution in [2.75, 3.05) is 43.5 Å². The number of nitrogens with zero attached hydrogens (tertiary/aromatic N) is 5. The molecule has 1 aromatic carbocycles. The van der Waals surface area contributed by atoms with Gasteiger partial charge in [0.15, 0.2) is 17.0 Å². The molecule has 3 aromatic rings. The predicted octanol–water partition coefficient (Wildman–Crippen LogP) is 1.90. The summed E-state index contributed by atoms with van der Waals surface area (Å²) in [6.45, 7) is 5.37. The molecule has 0 aliphatic carbocycles. The highest BCUT2D eigenvalue weighted by atomic mass is 16.5. The van der Waals surface area contributed by atoms with Gasteiger partial charge in [-0.1, -0.05) is 0 Å². The Morgan fingerprint density at radius 3 is 2.62 bits per heavy atom. The SMILES string of the molecule is CCOc1ccc(-c2cnc3nc(N)nc(N4CCOCC4)c3n2)cc1. The summed E-state index contributed by atoms with van der Waals surface area (Å²) >= 11 is 0. The van der Waals surface area contributed by atoms with Gasteiger partial charge in [0, 0.05) is 18.7 Å². The van der Waals surface area contributed by atoms with E-state index >= 15 is 0 Å². The first kappa shape index (κ1) is 16.5. The van der Waals surface area contributed by atoms with E-state index in [9.17, 15) is 0 Å². The minimum atomic E-state index is 0.196. The molecule has 1 fully saturated rings. The quantitative estimate of drug-likeness (QED) is 0.760. The van der Waals surface area contributed by atoms with Gasteiger partial charge in [0.1, 0.15) is 5.75 Å². The monoisotopic (exact) mass is 352 g/mol. The Labute approximate surface area is 151 Å². The van der Waals surface area contributed by atoms with Crippen molar-refractivity contribution < 1.29 is 9.47 Å². The van der Waals surface area contributed by atoms with E-state index in [0.717, 1.165) is 30.1 Å². The maximum Gasteiger partial charge on any atom is 0.224 e. The first-order valence-corrected chi connectivity index (χ1v) is 8.61. The molecule has 3 heterocycles. The summed E-state index contributed by atoms with van der Waals surface area (Å²) in [5.41, 5.74) is 8.71. The third kappa shape index (κ3) is 3.23. The molecule has 2 N–H and O–H groups in total. The zero-order valence-corrected chi connectivity index (χ0v) is 14.6. The summed E-state index contributed by atoms with van der Waals surface area (Å²) in [6.07, 6.45) is 1.70. The van der Waals surface area contributed by atoms with Crippen LogP contribution < -0.4 is 15.4 Å². The molecular weight excluding hydrogens is 332 g/mol. The summed E-state index contributed by atoms with van der Waals surface area (Å²) in [6, 6.07) is 7.78. The van der Waals surface area contributed by atoms with Gasteiger partial charge >= 0.3 is 0 Å². The third-order valence-electron chi connectivity index (χ3n) is 4.18. The van der Waals surface area contributed by atoms with Crippen LogP contribution in [0.4, 0.5) is 11.8 Å². The molecule has 1 aliphatic rings. The number of aromatic nitrogens is 4. The zero-order chi connectivity index (χ0) is 17.9. The van der Waals surface area contributed by atoms with Crippen molar-refractivity contribution >= 4 is 22.9 Å². The molecule has 8 nitrogen and oxygen atoms in total. The molecule has 1 saturated heterocycles. The van der Waals surface area contributed by atoms with Gasteiger partial charge in [0.05, 0.1) is 31.7 Å². The second-order valence-electron chi connectivity index (χ2n) is 5.89. The normalized spacial score (nSPS) is 14.6. The van der Waals surface area contributed by atoms with Crippen LogP contribution in [-0.4, -0.2) is 52.8 Å². The Kier molecular flexibility index (Phi) is 4.49. The maximum atomic E-state index is 5.86. The van der Waals surface area contributed by atoms with Crippen molar-refractivity contribution in [3.63, 3.8) is 0 Å². The van der Waals surface area contributed by atoms with Gasteiger partial charge in [-0.2, -0.15) is 9.97 Å². The largest absolute Gasteiger partial charge is 0.494 e. The lowest BCUT2D eigenvalue weighted by molar-refractivity contribution is 0.122. The summed E-state index contributed by atoms with van der Waals surface area (Å²) in [7, 11) is 0. The van der Waals surface area contributed by atoms with E-state index in [-0.39, 0.29) is 5.95 Å². The average Bonchev–Trinajstić information content (AvgIpc) is 2.68. The molecule has 0 atom stereocenters.